The summed E-state index contributed by atoms with van der Waals surface area (Å²) < 4.78 is 0.659. The first-order chi connectivity index (χ1) is 10.6. The van der Waals surface area contributed by atoms with Crippen molar-refractivity contribution in [3.8, 4) is 0 Å². The molecule has 22 heavy (non-hydrogen) atoms. The number of hydrogen-bond donors (Lipinski definition) is 0. The Labute approximate surface area is 139 Å². The first-order valence-electron chi connectivity index (χ1n) is 7.29. The number of pyridine rings is 1. The minimum atomic E-state index is 0.0876. The van der Waals surface area contributed by atoms with Gasteiger partial charge in [-0.3, -0.25) is 9.78 Å². The van der Waals surface area contributed by atoms with Crippen molar-refractivity contribution in [1.29, 1.82) is 0 Å². The van der Waals surface area contributed by atoms with Gasteiger partial charge in [0, 0.05) is 18.8 Å². The second-order valence-electron chi connectivity index (χ2n) is 5.40. The zero-order valence-corrected chi connectivity index (χ0v) is 14.0. The first kappa shape index (κ1) is 15.3. The van der Waals surface area contributed by atoms with E-state index in [4.69, 9.17) is 11.6 Å². The Morgan fingerprint density at radius 2 is 2.05 bits per heavy atom. The Morgan fingerprint density at radius 1 is 1.27 bits per heavy atom. The van der Waals surface area contributed by atoms with Gasteiger partial charge in [0.1, 0.15) is 0 Å². The van der Waals surface area contributed by atoms with E-state index in [1.54, 1.807) is 12.1 Å². The highest BCUT2D eigenvalue weighted by Gasteiger charge is 2.21. The molecule has 0 unspecified atom stereocenters. The number of nitrogens with zero attached hydrogens (tertiary/aromatic N) is 2. The summed E-state index contributed by atoms with van der Waals surface area (Å²) in [6.07, 6.45) is 3.96. The van der Waals surface area contributed by atoms with Crippen molar-refractivity contribution in [3.63, 3.8) is 0 Å². The van der Waals surface area contributed by atoms with Crippen LogP contribution >= 0.6 is 22.9 Å². The molecular weight excluding hydrogens is 316 g/mol. The second-order valence-corrected chi connectivity index (χ2v) is 7.12. The Bertz CT molecular complexity index is 713. The van der Waals surface area contributed by atoms with E-state index in [1.165, 1.54) is 16.9 Å². The number of rotatable bonds is 2. The maximum Gasteiger partial charge on any atom is 0.263 e. The number of carbonyl (C=O) groups excluding carboxylic acids is 1. The van der Waals surface area contributed by atoms with Crippen molar-refractivity contribution in [2.45, 2.75) is 19.8 Å². The maximum absolute atomic E-state index is 12.4. The lowest BCUT2D eigenvalue weighted by Gasteiger charge is -2.28. The van der Waals surface area contributed by atoms with Gasteiger partial charge >= 0.3 is 0 Å². The molecule has 1 fully saturated rings. The van der Waals surface area contributed by atoms with Crippen molar-refractivity contribution in [1.82, 2.24) is 9.88 Å². The van der Waals surface area contributed by atoms with Crippen LogP contribution in [0, 0.1) is 6.92 Å². The fourth-order valence-electron chi connectivity index (χ4n) is 2.58. The number of thiophene rings is 1. The van der Waals surface area contributed by atoms with Crippen LogP contribution in [0.25, 0.3) is 6.08 Å². The van der Waals surface area contributed by atoms with Crippen LogP contribution in [0.3, 0.4) is 0 Å². The van der Waals surface area contributed by atoms with Gasteiger partial charge in [-0.2, -0.15) is 0 Å². The molecule has 0 bridgehead atoms. The molecule has 114 valence electrons. The topological polar surface area (TPSA) is 33.2 Å². The van der Waals surface area contributed by atoms with Gasteiger partial charge in [0.25, 0.3) is 5.91 Å². The summed E-state index contributed by atoms with van der Waals surface area (Å²) in [5.41, 5.74) is 3.38. The molecule has 1 aliphatic rings. The predicted molar refractivity (Wildman–Crippen MR) is 91.4 cm³/mol. The largest absolute Gasteiger partial charge is 0.337 e. The summed E-state index contributed by atoms with van der Waals surface area (Å²) in [5, 5.41) is 0. The molecule has 1 aliphatic heterocycles. The van der Waals surface area contributed by atoms with Gasteiger partial charge in [0.05, 0.1) is 14.9 Å². The van der Waals surface area contributed by atoms with Crippen molar-refractivity contribution < 1.29 is 4.79 Å². The van der Waals surface area contributed by atoms with Crippen molar-refractivity contribution in [3.05, 3.63) is 56.5 Å². The third kappa shape index (κ3) is 3.57. The van der Waals surface area contributed by atoms with Crippen LogP contribution in [0.4, 0.5) is 0 Å². The van der Waals surface area contributed by atoms with Crippen LogP contribution in [-0.4, -0.2) is 28.9 Å². The number of hydrogen-bond acceptors (Lipinski definition) is 3. The molecule has 0 atom stereocenters. The number of amides is 1. The highest BCUT2D eigenvalue weighted by molar-refractivity contribution is 7.17. The molecule has 0 radical (unpaired) electrons. The third-order valence-corrected chi connectivity index (χ3v) is 4.96. The molecule has 3 rings (SSSR count). The van der Waals surface area contributed by atoms with Crippen molar-refractivity contribution in [2.24, 2.45) is 0 Å². The summed E-state index contributed by atoms with van der Waals surface area (Å²) in [6.45, 7) is 3.51. The lowest BCUT2D eigenvalue weighted by Crippen LogP contribution is -2.35. The fraction of sp³-hybridized carbons (Fsp3) is 0.294. The Morgan fingerprint density at radius 3 is 2.68 bits per heavy atom. The van der Waals surface area contributed by atoms with Crippen LogP contribution in [0.15, 0.2) is 35.9 Å². The summed E-state index contributed by atoms with van der Waals surface area (Å²) in [6, 6.07) is 9.62. The van der Waals surface area contributed by atoms with E-state index in [2.05, 4.69) is 11.1 Å². The average molecular weight is 333 g/mol. The van der Waals surface area contributed by atoms with Gasteiger partial charge in [-0.25, -0.2) is 0 Å². The van der Waals surface area contributed by atoms with Gasteiger partial charge in [-0.1, -0.05) is 23.2 Å². The Kier molecular flexibility index (Phi) is 4.60. The van der Waals surface area contributed by atoms with Gasteiger partial charge in [-0.15, -0.1) is 11.3 Å². The lowest BCUT2D eigenvalue weighted by molar-refractivity contribution is 0.0749. The van der Waals surface area contributed by atoms with E-state index in [1.807, 2.05) is 30.0 Å². The highest BCUT2D eigenvalue weighted by atomic mass is 35.5. The summed E-state index contributed by atoms with van der Waals surface area (Å²) in [5.74, 6) is 0.0876. The average Bonchev–Trinajstić information content (AvgIpc) is 2.94. The molecule has 2 aromatic heterocycles. The van der Waals surface area contributed by atoms with E-state index in [0.29, 0.717) is 4.34 Å². The number of aromatic nitrogens is 1. The zero-order valence-electron chi connectivity index (χ0n) is 12.4. The zero-order chi connectivity index (χ0) is 15.5. The number of carbonyl (C=O) groups is 1. The molecule has 3 heterocycles. The fourth-order valence-corrected chi connectivity index (χ4v) is 3.59. The highest BCUT2D eigenvalue weighted by Crippen LogP contribution is 2.25. The predicted octanol–water partition coefficient (Wildman–Crippen LogP) is 4.42. The van der Waals surface area contributed by atoms with Crippen LogP contribution < -0.4 is 0 Å². The van der Waals surface area contributed by atoms with E-state index in [-0.39, 0.29) is 5.91 Å². The molecule has 0 aliphatic carbocycles. The molecule has 3 nitrogen and oxygen atoms in total. The van der Waals surface area contributed by atoms with E-state index < -0.39 is 0 Å². The molecule has 0 saturated carbocycles. The monoisotopic (exact) mass is 332 g/mol. The van der Waals surface area contributed by atoms with Gasteiger partial charge in [0.15, 0.2) is 0 Å². The van der Waals surface area contributed by atoms with E-state index in [0.717, 1.165) is 42.2 Å². The Balaban J connectivity index is 1.64. The molecule has 0 N–H and O–H groups in total. The summed E-state index contributed by atoms with van der Waals surface area (Å²) in [4.78, 5) is 19.5. The quantitative estimate of drug-likeness (QED) is 0.815. The third-order valence-electron chi connectivity index (χ3n) is 3.74. The van der Waals surface area contributed by atoms with Crippen LogP contribution in [-0.2, 0) is 0 Å². The van der Waals surface area contributed by atoms with Gasteiger partial charge in [-0.05, 0) is 50.1 Å². The molecule has 5 heteroatoms. The van der Waals surface area contributed by atoms with Crippen molar-refractivity contribution >= 4 is 34.9 Å². The number of aryl methyl sites for hydroxylation is 1. The molecule has 2 aromatic rings. The van der Waals surface area contributed by atoms with Gasteiger partial charge < -0.3 is 4.90 Å². The van der Waals surface area contributed by atoms with Gasteiger partial charge in [0.2, 0.25) is 0 Å². The lowest BCUT2D eigenvalue weighted by atomic mass is 10.0. The van der Waals surface area contributed by atoms with Crippen LogP contribution in [0.1, 0.15) is 33.9 Å². The maximum atomic E-state index is 12.4. The summed E-state index contributed by atoms with van der Waals surface area (Å²) >= 11 is 7.25. The molecule has 0 spiro atoms. The van der Waals surface area contributed by atoms with E-state index >= 15 is 0 Å². The Hall–Kier alpha value is -1.65. The second kappa shape index (κ2) is 6.63. The molecule has 1 saturated heterocycles. The minimum Gasteiger partial charge on any atom is -0.337 e. The van der Waals surface area contributed by atoms with Crippen LogP contribution in [0.5, 0.6) is 0 Å². The summed E-state index contributed by atoms with van der Waals surface area (Å²) in [7, 11) is 0. The number of halogens is 1. The number of piperidine rings is 1. The standard InChI is InChI=1S/C17H17ClN2OS/c1-12-3-2-4-14(19-12)11-13-7-9-20(10-8-13)17(21)15-5-6-16(18)22-15/h2-6,11H,7-10H2,1H3. The first-order valence-corrected chi connectivity index (χ1v) is 8.49. The normalized spacial score (nSPS) is 15.0. The number of likely N-dealkylation sites (tertiary alicyclic amines) is 1. The van der Waals surface area contributed by atoms with Crippen molar-refractivity contribution in [2.75, 3.05) is 13.1 Å². The smallest absolute Gasteiger partial charge is 0.263 e. The minimum absolute atomic E-state index is 0.0876. The SMILES string of the molecule is Cc1cccc(C=C2CCN(C(=O)c3ccc(Cl)s3)CC2)n1. The van der Waals surface area contributed by atoms with Crippen LogP contribution in [0.2, 0.25) is 4.34 Å². The molecule has 1 amide bonds. The molecule has 0 aromatic carbocycles. The molecular formula is C17H17ClN2OS. The van der Waals surface area contributed by atoms with E-state index in [9.17, 15) is 4.79 Å².